The summed E-state index contributed by atoms with van der Waals surface area (Å²) in [6.45, 7) is 10.1. The summed E-state index contributed by atoms with van der Waals surface area (Å²) in [7, 11) is -0.424. The third-order valence-corrected chi connectivity index (χ3v) is 4.86. The fourth-order valence-corrected chi connectivity index (χ4v) is 2.47. The second kappa shape index (κ2) is 4.65. The molecule has 1 aliphatic carbocycles. The van der Waals surface area contributed by atoms with Crippen LogP contribution < -0.4 is 5.46 Å². The van der Waals surface area contributed by atoms with Gasteiger partial charge in [0.05, 0.1) is 11.2 Å². The highest BCUT2D eigenvalue weighted by Gasteiger charge is 2.52. The van der Waals surface area contributed by atoms with Gasteiger partial charge in [0, 0.05) is 17.6 Å². The first kappa shape index (κ1) is 14.7. The van der Waals surface area contributed by atoms with Gasteiger partial charge in [0.1, 0.15) is 5.69 Å². The summed E-state index contributed by atoms with van der Waals surface area (Å²) < 4.78 is 12.1. The van der Waals surface area contributed by atoms with Crippen LogP contribution in [-0.4, -0.2) is 29.1 Å². The Kier molecular flexibility index (Phi) is 3.26. The van der Waals surface area contributed by atoms with E-state index in [0.717, 1.165) is 23.9 Å². The Hall–Kier alpha value is -1.20. The zero-order valence-corrected chi connectivity index (χ0v) is 13.4. The van der Waals surface area contributed by atoms with Crippen molar-refractivity contribution in [3.8, 4) is 0 Å². The van der Waals surface area contributed by atoms with E-state index in [0.29, 0.717) is 5.69 Å². The zero-order chi connectivity index (χ0) is 15.4. The number of ketones is 1. The van der Waals surface area contributed by atoms with E-state index in [1.165, 1.54) is 0 Å². The highest BCUT2D eigenvalue weighted by atomic mass is 16.7. The summed E-state index contributed by atoms with van der Waals surface area (Å²) in [4.78, 5) is 16.4. The van der Waals surface area contributed by atoms with Crippen molar-refractivity contribution in [1.82, 2.24) is 4.98 Å². The topological polar surface area (TPSA) is 48.4 Å². The molecule has 0 N–H and O–H groups in total. The van der Waals surface area contributed by atoms with Gasteiger partial charge in [-0.05, 0) is 59.1 Å². The minimum atomic E-state index is -0.424. The molecule has 5 heteroatoms. The van der Waals surface area contributed by atoms with E-state index in [4.69, 9.17) is 9.31 Å². The largest absolute Gasteiger partial charge is 0.496 e. The predicted molar refractivity (Wildman–Crippen MR) is 81.7 cm³/mol. The summed E-state index contributed by atoms with van der Waals surface area (Å²) in [6, 6.07) is 1.86. The Balaban J connectivity index is 1.85. The third kappa shape index (κ3) is 2.53. The van der Waals surface area contributed by atoms with Crippen molar-refractivity contribution in [1.29, 1.82) is 0 Å². The number of hydrogen-bond acceptors (Lipinski definition) is 4. The Labute approximate surface area is 126 Å². The number of nitrogens with zero attached hydrogens (tertiary/aromatic N) is 1. The highest BCUT2D eigenvalue weighted by molar-refractivity contribution is 6.62. The van der Waals surface area contributed by atoms with E-state index in [1.54, 1.807) is 6.20 Å². The lowest BCUT2D eigenvalue weighted by molar-refractivity contribution is 0.00578. The Morgan fingerprint density at radius 1 is 1.24 bits per heavy atom. The first-order valence-electron chi connectivity index (χ1n) is 7.58. The molecule has 21 heavy (non-hydrogen) atoms. The number of pyridine rings is 1. The molecule has 4 nitrogen and oxygen atoms in total. The summed E-state index contributed by atoms with van der Waals surface area (Å²) in [6.07, 6.45) is 3.73. The maximum Gasteiger partial charge on any atom is 0.496 e. The van der Waals surface area contributed by atoms with Crippen LogP contribution in [0.15, 0.2) is 12.3 Å². The van der Waals surface area contributed by atoms with Crippen molar-refractivity contribution in [2.45, 2.75) is 58.7 Å². The molecule has 1 saturated heterocycles. The maximum absolute atomic E-state index is 12.1. The van der Waals surface area contributed by atoms with Crippen LogP contribution in [0.2, 0.25) is 0 Å². The van der Waals surface area contributed by atoms with Crippen LogP contribution >= 0.6 is 0 Å². The van der Waals surface area contributed by atoms with Gasteiger partial charge in [-0.2, -0.15) is 0 Å². The molecule has 112 valence electrons. The predicted octanol–water partition coefficient (Wildman–Crippen LogP) is 2.28. The number of aromatic nitrogens is 1. The molecule has 2 heterocycles. The van der Waals surface area contributed by atoms with Crippen LogP contribution in [0.25, 0.3) is 0 Å². The van der Waals surface area contributed by atoms with Gasteiger partial charge in [-0.3, -0.25) is 9.78 Å². The number of Topliss-reactive ketones (excluding diaryl/α,β-unsaturated/α-hetero) is 1. The van der Waals surface area contributed by atoms with Gasteiger partial charge < -0.3 is 9.31 Å². The average molecular weight is 287 g/mol. The standard InChI is InChI=1S/C16H22BNO3/c1-10-8-13(14(19)11-6-7-11)18-9-12(10)17-20-15(2,3)16(4,5)21-17/h8-9,11H,6-7H2,1-5H3. The highest BCUT2D eigenvalue weighted by Crippen LogP contribution is 2.37. The van der Waals surface area contributed by atoms with Crippen LogP contribution in [-0.2, 0) is 9.31 Å². The molecule has 1 aliphatic heterocycles. The Morgan fingerprint density at radius 2 is 1.81 bits per heavy atom. The van der Waals surface area contributed by atoms with E-state index in [2.05, 4.69) is 4.98 Å². The average Bonchev–Trinajstić information content (AvgIpc) is 3.17. The molecule has 0 radical (unpaired) electrons. The van der Waals surface area contributed by atoms with E-state index < -0.39 is 7.12 Å². The van der Waals surface area contributed by atoms with E-state index in [9.17, 15) is 4.79 Å². The summed E-state index contributed by atoms with van der Waals surface area (Å²) >= 11 is 0. The van der Waals surface area contributed by atoms with Crippen LogP contribution in [0.3, 0.4) is 0 Å². The van der Waals surface area contributed by atoms with Crippen LogP contribution in [0.5, 0.6) is 0 Å². The summed E-state index contributed by atoms with van der Waals surface area (Å²) in [5.41, 5.74) is 1.72. The second-order valence-corrected chi connectivity index (χ2v) is 7.15. The van der Waals surface area contributed by atoms with Gasteiger partial charge in [0.2, 0.25) is 0 Å². The molecule has 1 saturated carbocycles. The van der Waals surface area contributed by atoms with Crippen molar-refractivity contribution in [2.24, 2.45) is 5.92 Å². The van der Waals surface area contributed by atoms with Gasteiger partial charge in [0.15, 0.2) is 5.78 Å². The lowest BCUT2D eigenvalue weighted by atomic mass is 9.77. The Morgan fingerprint density at radius 3 is 2.29 bits per heavy atom. The zero-order valence-electron chi connectivity index (χ0n) is 13.4. The van der Waals surface area contributed by atoms with Gasteiger partial charge in [0.25, 0.3) is 0 Å². The molecule has 0 amide bonds. The maximum atomic E-state index is 12.1. The molecular formula is C16H22BNO3. The molecule has 0 atom stereocenters. The molecule has 2 fully saturated rings. The molecule has 3 rings (SSSR count). The molecule has 0 unspecified atom stereocenters. The molecule has 0 spiro atoms. The van der Waals surface area contributed by atoms with Crippen LogP contribution in [0, 0.1) is 12.8 Å². The molecule has 0 aromatic carbocycles. The second-order valence-electron chi connectivity index (χ2n) is 7.15. The fraction of sp³-hybridized carbons (Fsp3) is 0.625. The van der Waals surface area contributed by atoms with Crippen LogP contribution in [0.4, 0.5) is 0 Å². The van der Waals surface area contributed by atoms with Gasteiger partial charge in [-0.1, -0.05) is 0 Å². The normalized spacial score (nSPS) is 23.4. The quantitative estimate of drug-likeness (QED) is 0.632. The summed E-state index contributed by atoms with van der Waals surface area (Å²) in [5.74, 6) is 0.359. The smallest absolute Gasteiger partial charge is 0.399 e. The van der Waals surface area contributed by atoms with Gasteiger partial charge in [-0.25, -0.2) is 0 Å². The minimum Gasteiger partial charge on any atom is -0.399 e. The number of carbonyl (C=O) groups is 1. The van der Waals surface area contributed by atoms with Crippen molar-refractivity contribution < 1.29 is 14.1 Å². The number of rotatable bonds is 3. The molecule has 2 aliphatic rings. The Bertz CT molecular complexity index is 577. The van der Waals surface area contributed by atoms with Crippen LogP contribution in [0.1, 0.15) is 56.6 Å². The summed E-state index contributed by atoms with van der Waals surface area (Å²) in [5, 5.41) is 0. The molecule has 1 aromatic heterocycles. The van der Waals surface area contributed by atoms with Crippen molar-refractivity contribution in [3.05, 3.63) is 23.5 Å². The van der Waals surface area contributed by atoms with Crippen molar-refractivity contribution in [3.63, 3.8) is 0 Å². The van der Waals surface area contributed by atoms with Crippen molar-refractivity contribution in [2.75, 3.05) is 0 Å². The van der Waals surface area contributed by atoms with Crippen molar-refractivity contribution >= 4 is 18.4 Å². The number of carbonyl (C=O) groups excluding carboxylic acids is 1. The first-order chi connectivity index (χ1) is 9.71. The van der Waals surface area contributed by atoms with Gasteiger partial charge >= 0.3 is 7.12 Å². The number of aryl methyl sites for hydroxylation is 1. The van der Waals surface area contributed by atoms with E-state index in [1.807, 2.05) is 40.7 Å². The fourth-order valence-electron chi connectivity index (χ4n) is 2.47. The van der Waals surface area contributed by atoms with Gasteiger partial charge in [-0.15, -0.1) is 0 Å². The molecular weight excluding hydrogens is 265 g/mol. The first-order valence-corrected chi connectivity index (χ1v) is 7.58. The molecule has 1 aromatic rings. The third-order valence-electron chi connectivity index (χ3n) is 4.86. The SMILES string of the molecule is Cc1cc(C(=O)C2CC2)ncc1B1OC(C)(C)C(C)(C)O1. The lowest BCUT2D eigenvalue weighted by Gasteiger charge is -2.32. The lowest BCUT2D eigenvalue weighted by Crippen LogP contribution is -2.41. The number of hydrogen-bond donors (Lipinski definition) is 0. The monoisotopic (exact) mass is 287 g/mol. The van der Waals surface area contributed by atoms with E-state index >= 15 is 0 Å². The van der Waals surface area contributed by atoms with E-state index in [-0.39, 0.29) is 22.9 Å². The minimum absolute atomic E-state index is 0.165. The molecule has 0 bridgehead atoms.